The molecule has 0 bridgehead atoms. The molecule has 4 nitrogen and oxygen atoms in total. The highest BCUT2D eigenvalue weighted by atomic mass is 32.2. The van der Waals surface area contributed by atoms with Crippen LogP contribution in [0.5, 0.6) is 0 Å². The van der Waals surface area contributed by atoms with E-state index in [2.05, 4.69) is 55.3 Å². The van der Waals surface area contributed by atoms with Crippen molar-refractivity contribution >= 4 is 56.1 Å². The van der Waals surface area contributed by atoms with Crippen LogP contribution in [0.2, 0.25) is 0 Å². The summed E-state index contributed by atoms with van der Waals surface area (Å²) in [7, 11) is 0. The van der Waals surface area contributed by atoms with Gasteiger partial charge in [-0.2, -0.15) is 0 Å². The van der Waals surface area contributed by atoms with Crippen LogP contribution >= 0.6 is 34.9 Å². The maximum atomic E-state index is 13.2. The number of fused-ring (bicyclic) bond motifs is 1. The minimum absolute atomic E-state index is 0.148. The zero-order chi connectivity index (χ0) is 21.3. The summed E-state index contributed by atoms with van der Waals surface area (Å²) in [6.45, 7) is 7.82. The molecule has 0 radical (unpaired) electrons. The van der Waals surface area contributed by atoms with Crippen LogP contribution in [0.4, 0.5) is 5.13 Å². The monoisotopic (exact) mass is 459 g/mol. The Bertz CT molecular complexity index is 941. The van der Waals surface area contributed by atoms with E-state index < -0.39 is 0 Å². The van der Waals surface area contributed by atoms with Crippen LogP contribution in [0.15, 0.2) is 58.3 Å². The number of hydrogen-bond donors (Lipinski definition) is 0. The molecule has 3 aromatic rings. The molecule has 2 aromatic carbocycles. The van der Waals surface area contributed by atoms with Gasteiger partial charge in [-0.1, -0.05) is 49.4 Å². The van der Waals surface area contributed by atoms with Crippen molar-refractivity contribution in [1.29, 1.82) is 0 Å². The summed E-state index contributed by atoms with van der Waals surface area (Å²) in [4.78, 5) is 24.7. The molecule has 0 fully saturated rings. The molecule has 0 atom stereocenters. The van der Waals surface area contributed by atoms with Gasteiger partial charge in [0.15, 0.2) is 5.13 Å². The maximum Gasteiger partial charge on any atom is 0.229 e. The van der Waals surface area contributed by atoms with Crippen LogP contribution < -0.4 is 4.90 Å². The van der Waals surface area contributed by atoms with Gasteiger partial charge in [-0.05, 0) is 43.6 Å². The van der Waals surface area contributed by atoms with E-state index in [1.54, 1.807) is 34.9 Å². The predicted molar refractivity (Wildman–Crippen MR) is 133 cm³/mol. The zero-order valence-corrected chi connectivity index (χ0v) is 20.3. The van der Waals surface area contributed by atoms with E-state index in [0.717, 1.165) is 45.6 Å². The highest BCUT2D eigenvalue weighted by Crippen LogP contribution is 2.34. The molecule has 7 heteroatoms. The number of thioether (sulfide) groups is 2. The van der Waals surface area contributed by atoms with Crippen molar-refractivity contribution in [2.24, 2.45) is 0 Å². The van der Waals surface area contributed by atoms with Gasteiger partial charge < -0.3 is 4.90 Å². The lowest BCUT2D eigenvalue weighted by molar-refractivity contribution is -0.118. The molecule has 1 heterocycles. The second-order valence-corrected chi connectivity index (χ2v) is 9.81. The number of carbonyl (C=O) groups is 1. The number of rotatable bonds is 11. The number of carbonyl (C=O) groups excluding carboxylic acids is 1. The Morgan fingerprint density at radius 3 is 2.50 bits per heavy atom. The molecule has 3 rings (SSSR count). The first-order valence-corrected chi connectivity index (χ1v) is 13.3. The van der Waals surface area contributed by atoms with E-state index in [-0.39, 0.29) is 5.91 Å². The molecule has 1 aromatic heterocycles. The number of para-hydroxylation sites is 1. The number of thiazole rings is 1. The lowest BCUT2D eigenvalue weighted by Crippen LogP contribution is -2.39. The SMILES string of the molecule is CCN(CC)CCN(C(=O)CCSc1ccccc1)c1nc2c(SC)cccc2s1. The zero-order valence-electron chi connectivity index (χ0n) is 17.8. The van der Waals surface area contributed by atoms with Gasteiger partial charge >= 0.3 is 0 Å². The van der Waals surface area contributed by atoms with E-state index in [9.17, 15) is 4.79 Å². The average Bonchev–Trinajstić information content (AvgIpc) is 3.21. The van der Waals surface area contributed by atoms with Crippen molar-refractivity contribution in [3.05, 3.63) is 48.5 Å². The second kappa shape index (κ2) is 11.7. The summed E-state index contributed by atoms with van der Waals surface area (Å²) >= 11 is 5.04. The number of aromatic nitrogens is 1. The Labute approximate surface area is 192 Å². The second-order valence-electron chi connectivity index (χ2n) is 6.79. The maximum absolute atomic E-state index is 13.2. The number of likely N-dealkylation sites (N-methyl/N-ethyl adjacent to an activating group) is 1. The standard InChI is InChI=1S/C23H29N3OS3/c1-4-25(5-2)15-16-26(21(27)14-17-29-18-10-7-6-8-11-18)23-24-22-19(28-3)12-9-13-20(22)30-23/h6-13H,4-5,14-17H2,1-3H3. The Morgan fingerprint density at radius 2 is 1.80 bits per heavy atom. The van der Waals surface area contributed by atoms with Crippen LogP contribution in [0.25, 0.3) is 10.2 Å². The number of nitrogens with zero attached hydrogens (tertiary/aromatic N) is 3. The van der Waals surface area contributed by atoms with E-state index in [0.29, 0.717) is 13.0 Å². The van der Waals surface area contributed by atoms with Gasteiger partial charge in [0.2, 0.25) is 5.91 Å². The quantitative estimate of drug-likeness (QED) is 0.335. The summed E-state index contributed by atoms with van der Waals surface area (Å²) in [6, 6.07) is 16.5. The van der Waals surface area contributed by atoms with Crippen LogP contribution in [0.3, 0.4) is 0 Å². The summed E-state index contributed by atoms with van der Waals surface area (Å²) in [5, 5.41) is 0.813. The molecule has 160 valence electrons. The molecule has 1 amide bonds. The lowest BCUT2D eigenvalue weighted by Gasteiger charge is -2.24. The number of anilines is 1. The topological polar surface area (TPSA) is 36.4 Å². The number of hydrogen-bond acceptors (Lipinski definition) is 6. The first kappa shape index (κ1) is 23.1. The summed E-state index contributed by atoms with van der Waals surface area (Å²) in [5.74, 6) is 0.918. The van der Waals surface area contributed by atoms with Crippen molar-refractivity contribution in [3.8, 4) is 0 Å². The molecule has 0 aliphatic rings. The smallest absolute Gasteiger partial charge is 0.229 e. The minimum Gasteiger partial charge on any atom is -0.302 e. The van der Waals surface area contributed by atoms with Gasteiger partial charge in [0.25, 0.3) is 0 Å². The molecular formula is C23H29N3OS3. The fourth-order valence-electron chi connectivity index (χ4n) is 3.21. The average molecular weight is 460 g/mol. The molecule has 0 aliphatic heterocycles. The number of amides is 1. The van der Waals surface area contributed by atoms with E-state index in [1.165, 1.54) is 4.90 Å². The molecule has 0 saturated heterocycles. The Kier molecular flexibility index (Phi) is 9.05. The van der Waals surface area contributed by atoms with E-state index >= 15 is 0 Å². The van der Waals surface area contributed by atoms with Crippen LogP contribution in [-0.4, -0.2) is 54.0 Å². The van der Waals surface area contributed by atoms with Crippen molar-refractivity contribution in [3.63, 3.8) is 0 Å². The largest absolute Gasteiger partial charge is 0.302 e. The molecular weight excluding hydrogens is 430 g/mol. The highest BCUT2D eigenvalue weighted by molar-refractivity contribution is 7.99. The first-order valence-electron chi connectivity index (χ1n) is 10.3. The van der Waals surface area contributed by atoms with Crippen LogP contribution in [0.1, 0.15) is 20.3 Å². The molecule has 0 unspecified atom stereocenters. The molecule has 30 heavy (non-hydrogen) atoms. The third-order valence-electron chi connectivity index (χ3n) is 4.98. The summed E-state index contributed by atoms with van der Waals surface area (Å²) < 4.78 is 1.14. The normalized spacial score (nSPS) is 11.3. The molecule has 0 N–H and O–H groups in total. The van der Waals surface area contributed by atoms with Crippen LogP contribution in [-0.2, 0) is 4.79 Å². The molecule has 0 aliphatic carbocycles. The van der Waals surface area contributed by atoms with Crippen molar-refractivity contribution in [1.82, 2.24) is 9.88 Å². The first-order chi connectivity index (χ1) is 14.7. The van der Waals surface area contributed by atoms with Gasteiger partial charge in [0.05, 0.1) is 10.2 Å². The van der Waals surface area contributed by atoms with Gasteiger partial charge in [-0.25, -0.2) is 4.98 Å². The highest BCUT2D eigenvalue weighted by Gasteiger charge is 2.21. The summed E-state index contributed by atoms with van der Waals surface area (Å²) in [5.41, 5.74) is 1.00. The Morgan fingerprint density at radius 1 is 1.03 bits per heavy atom. The Hall–Kier alpha value is -1.54. The number of benzene rings is 2. The third kappa shape index (κ3) is 6.00. The van der Waals surface area contributed by atoms with E-state index in [1.807, 2.05) is 23.1 Å². The van der Waals surface area contributed by atoms with Gasteiger partial charge in [0, 0.05) is 35.1 Å². The third-order valence-corrected chi connectivity index (χ3v) is 7.81. The van der Waals surface area contributed by atoms with Gasteiger partial charge in [-0.15, -0.1) is 23.5 Å². The molecule has 0 spiro atoms. The molecule has 0 saturated carbocycles. The fraction of sp³-hybridized carbons (Fsp3) is 0.391. The Balaban J connectivity index is 1.76. The fourth-order valence-corrected chi connectivity index (χ4v) is 5.73. The van der Waals surface area contributed by atoms with Crippen molar-refractivity contribution in [2.75, 3.05) is 43.1 Å². The lowest BCUT2D eigenvalue weighted by atomic mass is 10.3. The van der Waals surface area contributed by atoms with Gasteiger partial charge in [0.1, 0.15) is 0 Å². The van der Waals surface area contributed by atoms with Crippen molar-refractivity contribution in [2.45, 2.75) is 30.1 Å². The van der Waals surface area contributed by atoms with Crippen molar-refractivity contribution < 1.29 is 4.79 Å². The predicted octanol–water partition coefficient (Wildman–Crippen LogP) is 5.88. The van der Waals surface area contributed by atoms with Gasteiger partial charge in [-0.3, -0.25) is 9.69 Å². The summed E-state index contributed by atoms with van der Waals surface area (Å²) in [6.07, 6.45) is 2.57. The minimum atomic E-state index is 0.148. The van der Waals surface area contributed by atoms with Crippen LogP contribution in [0, 0.1) is 0 Å². The van der Waals surface area contributed by atoms with E-state index in [4.69, 9.17) is 4.98 Å².